The molecule has 2 aromatic rings. The molecule has 1 atom stereocenters. The number of nitrogens with one attached hydrogen (secondary N) is 1. The first-order valence-corrected chi connectivity index (χ1v) is 8.92. The van der Waals surface area contributed by atoms with Gasteiger partial charge < -0.3 is 19.9 Å². The van der Waals surface area contributed by atoms with Gasteiger partial charge in [0.25, 0.3) is 0 Å². The summed E-state index contributed by atoms with van der Waals surface area (Å²) in [5, 5.41) is 13.0. The van der Waals surface area contributed by atoms with Crippen LogP contribution in [0.5, 0.6) is 11.5 Å². The van der Waals surface area contributed by atoms with Crippen LogP contribution < -0.4 is 14.8 Å². The summed E-state index contributed by atoms with van der Waals surface area (Å²) in [6.07, 6.45) is 1.27. The lowest BCUT2D eigenvalue weighted by molar-refractivity contribution is -0.139. The third-order valence-electron chi connectivity index (χ3n) is 3.87. The summed E-state index contributed by atoms with van der Waals surface area (Å²) in [6, 6.07) is 12.4. The molecule has 0 amide bonds. The Hall–Kier alpha value is -2.24. The van der Waals surface area contributed by atoms with Crippen molar-refractivity contribution in [1.29, 1.82) is 0 Å². The van der Waals surface area contributed by atoms with Crippen molar-refractivity contribution in [3.63, 3.8) is 0 Å². The van der Waals surface area contributed by atoms with E-state index in [1.807, 2.05) is 43.3 Å². The van der Waals surface area contributed by atoms with Crippen molar-refractivity contribution in [2.45, 2.75) is 32.4 Å². The summed E-state index contributed by atoms with van der Waals surface area (Å²) in [6.45, 7) is 2.91. The number of hydrogen-bond donors (Lipinski definition) is 2. The van der Waals surface area contributed by atoms with E-state index >= 15 is 0 Å². The van der Waals surface area contributed by atoms with Gasteiger partial charge in [-0.05, 0) is 36.1 Å². The Labute approximate surface area is 158 Å². The van der Waals surface area contributed by atoms with E-state index in [9.17, 15) is 9.90 Å². The topological polar surface area (TPSA) is 67.8 Å². The summed E-state index contributed by atoms with van der Waals surface area (Å²) < 4.78 is 11.0. The molecule has 6 heteroatoms. The summed E-state index contributed by atoms with van der Waals surface area (Å²) in [7, 11) is 1.55. The van der Waals surface area contributed by atoms with Crippen molar-refractivity contribution < 1.29 is 19.4 Å². The first kappa shape index (κ1) is 20.1. The molecule has 0 bridgehead atoms. The second kappa shape index (κ2) is 10.0. The Kier molecular flexibility index (Phi) is 7.75. The summed E-state index contributed by atoms with van der Waals surface area (Å²) in [4.78, 5) is 11.6. The number of carboxylic acid groups (broad SMARTS) is 1. The van der Waals surface area contributed by atoms with E-state index in [0.29, 0.717) is 36.1 Å². The zero-order chi connectivity index (χ0) is 18.9. The van der Waals surface area contributed by atoms with Crippen LogP contribution >= 0.6 is 11.6 Å². The van der Waals surface area contributed by atoms with Gasteiger partial charge in [-0.1, -0.05) is 48.9 Å². The molecule has 0 saturated heterocycles. The molecule has 0 spiro atoms. The molecule has 0 aliphatic rings. The summed E-state index contributed by atoms with van der Waals surface area (Å²) in [5.41, 5.74) is 1.79. The molecular weight excluding hydrogens is 354 g/mol. The van der Waals surface area contributed by atoms with Gasteiger partial charge in [0.2, 0.25) is 0 Å². The van der Waals surface area contributed by atoms with Gasteiger partial charge in [0.05, 0.1) is 18.7 Å². The van der Waals surface area contributed by atoms with Gasteiger partial charge in [-0.3, -0.25) is 4.79 Å². The SMILES string of the molecule is CCCOc1c(Cl)cc(CNC(Cc2ccccc2)C(=O)O)cc1OC. The van der Waals surface area contributed by atoms with Gasteiger partial charge in [0.15, 0.2) is 11.5 Å². The summed E-state index contributed by atoms with van der Waals surface area (Å²) >= 11 is 6.31. The molecule has 5 nitrogen and oxygen atoms in total. The van der Waals surface area contributed by atoms with Crippen LogP contribution in [0.1, 0.15) is 24.5 Å². The van der Waals surface area contributed by atoms with Gasteiger partial charge >= 0.3 is 5.97 Å². The molecule has 2 N–H and O–H groups in total. The molecule has 2 aromatic carbocycles. The van der Waals surface area contributed by atoms with Crippen LogP contribution in [-0.2, 0) is 17.8 Å². The van der Waals surface area contributed by atoms with Gasteiger partial charge in [-0.2, -0.15) is 0 Å². The van der Waals surface area contributed by atoms with Gasteiger partial charge in [0, 0.05) is 6.54 Å². The van der Waals surface area contributed by atoms with Crippen LogP contribution in [0.2, 0.25) is 5.02 Å². The normalized spacial score (nSPS) is 11.8. The minimum Gasteiger partial charge on any atom is -0.493 e. The van der Waals surface area contributed by atoms with E-state index in [4.69, 9.17) is 21.1 Å². The van der Waals surface area contributed by atoms with Crippen molar-refractivity contribution in [1.82, 2.24) is 5.32 Å². The van der Waals surface area contributed by atoms with Crippen molar-refractivity contribution in [2.75, 3.05) is 13.7 Å². The molecule has 0 radical (unpaired) electrons. The third-order valence-corrected chi connectivity index (χ3v) is 4.15. The van der Waals surface area contributed by atoms with Crippen LogP contribution in [0.15, 0.2) is 42.5 Å². The number of halogens is 1. The van der Waals surface area contributed by atoms with E-state index in [0.717, 1.165) is 17.5 Å². The minimum atomic E-state index is -0.894. The van der Waals surface area contributed by atoms with Crippen LogP contribution in [-0.4, -0.2) is 30.8 Å². The van der Waals surface area contributed by atoms with Gasteiger partial charge in [0.1, 0.15) is 6.04 Å². The van der Waals surface area contributed by atoms with E-state index in [-0.39, 0.29) is 0 Å². The van der Waals surface area contributed by atoms with Gasteiger partial charge in [-0.15, -0.1) is 0 Å². The fourth-order valence-electron chi connectivity index (χ4n) is 2.56. The maximum atomic E-state index is 11.6. The standard InChI is InChI=1S/C20H24ClNO4/c1-3-9-26-19-16(21)10-15(12-18(19)25-2)13-22-17(20(23)24)11-14-7-5-4-6-8-14/h4-8,10,12,17,22H,3,9,11,13H2,1-2H3,(H,23,24). The number of hydrogen-bond acceptors (Lipinski definition) is 4. The van der Waals surface area contributed by atoms with Crippen molar-refractivity contribution in [3.8, 4) is 11.5 Å². The molecule has 0 saturated carbocycles. The molecule has 0 aromatic heterocycles. The predicted molar refractivity (Wildman–Crippen MR) is 102 cm³/mol. The maximum absolute atomic E-state index is 11.6. The molecule has 0 aliphatic heterocycles. The Bertz CT molecular complexity index is 721. The van der Waals surface area contributed by atoms with E-state index in [1.165, 1.54) is 0 Å². The number of benzene rings is 2. The Morgan fingerprint density at radius 1 is 1.23 bits per heavy atom. The Balaban J connectivity index is 2.08. The van der Waals surface area contributed by atoms with Crippen molar-refractivity contribution in [3.05, 3.63) is 58.6 Å². The third kappa shape index (κ3) is 5.64. The number of ether oxygens (including phenoxy) is 2. The van der Waals surface area contributed by atoms with Crippen LogP contribution in [0.3, 0.4) is 0 Å². The average Bonchev–Trinajstić information content (AvgIpc) is 2.64. The second-order valence-corrected chi connectivity index (χ2v) is 6.33. The van der Waals surface area contributed by atoms with Crippen LogP contribution in [0.25, 0.3) is 0 Å². The lowest BCUT2D eigenvalue weighted by atomic mass is 10.1. The van der Waals surface area contributed by atoms with E-state index in [2.05, 4.69) is 5.32 Å². The predicted octanol–water partition coefficient (Wildman–Crippen LogP) is 3.92. The van der Waals surface area contributed by atoms with Crippen LogP contribution in [0, 0.1) is 0 Å². The smallest absolute Gasteiger partial charge is 0.321 e. The van der Waals surface area contributed by atoms with Crippen molar-refractivity contribution >= 4 is 17.6 Å². The quantitative estimate of drug-likeness (QED) is 0.656. The highest BCUT2D eigenvalue weighted by Crippen LogP contribution is 2.36. The van der Waals surface area contributed by atoms with Crippen molar-refractivity contribution in [2.24, 2.45) is 0 Å². The first-order chi connectivity index (χ1) is 12.5. The monoisotopic (exact) mass is 377 g/mol. The highest BCUT2D eigenvalue weighted by molar-refractivity contribution is 6.32. The largest absolute Gasteiger partial charge is 0.493 e. The zero-order valence-corrected chi connectivity index (χ0v) is 15.8. The number of methoxy groups -OCH3 is 1. The lowest BCUT2D eigenvalue weighted by Gasteiger charge is -2.17. The highest BCUT2D eigenvalue weighted by atomic mass is 35.5. The molecule has 0 fully saturated rings. The molecule has 2 rings (SSSR count). The second-order valence-electron chi connectivity index (χ2n) is 5.92. The maximum Gasteiger partial charge on any atom is 0.321 e. The number of carboxylic acids is 1. The zero-order valence-electron chi connectivity index (χ0n) is 15.0. The minimum absolute atomic E-state index is 0.355. The first-order valence-electron chi connectivity index (χ1n) is 8.54. The number of carbonyl (C=O) groups is 1. The van der Waals surface area contributed by atoms with E-state index < -0.39 is 12.0 Å². The van der Waals surface area contributed by atoms with E-state index in [1.54, 1.807) is 13.2 Å². The highest BCUT2D eigenvalue weighted by Gasteiger charge is 2.18. The van der Waals surface area contributed by atoms with Gasteiger partial charge in [-0.25, -0.2) is 0 Å². The summed E-state index contributed by atoms with van der Waals surface area (Å²) in [5.74, 6) is 0.159. The molecule has 140 valence electrons. The molecule has 0 aliphatic carbocycles. The molecule has 26 heavy (non-hydrogen) atoms. The number of rotatable bonds is 10. The average molecular weight is 378 g/mol. The Morgan fingerprint density at radius 2 is 1.96 bits per heavy atom. The molecule has 1 unspecified atom stereocenters. The fourth-order valence-corrected chi connectivity index (χ4v) is 2.84. The Morgan fingerprint density at radius 3 is 2.58 bits per heavy atom. The molecular formula is C20H24ClNO4. The number of aliphatic carboxylic acids is 1. The van der Waals surface area contributed by atoms with Crippen LogP contribution in [0.4, 0.5) is 0 Å². The molecule has 0 heterocycles. The fraction of sp³-hybridized carbons (Fsp3) is 0.350. The lowest BCUT2D eigenvalue weighted by Crippen LogP contribution is -2.38.